The zero-order valence-corrected chi connectivity index (χ0v) is 12.9. The molecule has 0 spiro atoms. The van der Waals surface area contributed by atoms with Crippen molar-refractivity contribution in [1.82, 2.24) is 10.2 Å². The highest BCUT2D eigenvalue weighted by molar-refractivity contribution is 5.76. The molecule has 0 saturated carbocycles. The molecule has 0 unspecified atom stereocenters. The van der Waals surface area contributed by atoms with Crippen molar-refractivity contribution < 1.29 is 9.21 Å². The molecule has 4 heteroatoms. The van der Waals surface area contributed by atoms with Crippen molar-refractivity contribution in [3.8, 4) is 0 Å². The highest BCUT2D eigenvalue weighted by Gasteiger charge is 2.18. The lowest BCUT2D eigenvalue weighted by Crippen LogP contribution is -2.34. The Labute approximate surface area is 121 Å². The van der Waals surface area contributed by atoms with Gasteiger partial charge < -0.3 is 14.6 Å². The minimum Gasteiger partial charge on any atom is -0.463 e. The molecule has 4 nitrogen and oxygen atoms in total. The van der Waals surface area contributed by atoms with Gasteiger partial charge in [-0.2, -0.15) is 0 Å². The third kappa shape index (κ3) is 4.67. The highest BCUT2D eigenvalue weighted by Crippen LogP contribution is 2.16. The average Bonchev–Trinajstić information content (AvgIpc) is 2.71. The molecule has 1 amide bonds. The maximum atomic E-state index is 12.0. The molecule has 1 aromatic heterocycles. The van der Waals surface area contributed by atoms with Crippen molar-refractivity contribution in [3.63, 3.8) is 0 Å². The van der Waals surface area contributed by atoms with Crippen molar-refractivity contribution in [2.75, 3.05) is 6.54 Å². The van der Waals surface area contributed by atoms with E-state index in [1.165, 1.54) is 0 Å². The van der Waals surface area contributed by atoms with E-state index in [2.05, 4.69) is 26.1 Å². The second-order valence-electron chi connectivity index (χ2n) is 6.60. The van der Waals surface area contributed by atoms with Crippen LogP contribution in [0.4, 0.5) is 0 Å². The Morgan fingerprint density at radius 1 is 1.20 bits per heavy atom. The SMILES string of the molecule is CC(C)(C)NCc1ccc(CN2CCCCCC2=O)o1. The lowest BCUT2D eigenvalue weighted by molar-refractivity contribution is -0.131. The Hall–Kier alpha value is -1.29. The number of hydrogen-bond acceptors (Lipinski definition) is 3. The van der Waals surface area contributed by atoms with Crippen LogP contribution in [0.2, 0.25) is 0 Å². The number of carbonyl (C=O) groups is 1. The fourth-order valence-electron chi connectivity index (χ4n) is 2.35. The van der Waals surface area contributed by atoms with Crippen LogP contribution in [0.5, 0.6) is 0 Å². The van der Waals surface area contributed by atoms with Crippen LogP contribution in [0, 0.1) is 0 Å². The highest BCUT2D eigenvalue weighted by atomic mass is 16.3. The first kappa shape index (κ1) is 15.1. The van der Waals surface area contributed by atoms with Gasteiger partial charge >= 0.3 is 0 Å². The molecule has 1 aliphatic heterocycles. The molecule has 112 valence electrons. The van der Waals surface area contributed by atoms with E-state index in [0.29, 0.717) is 13.0 Å². The van der Waals surface area contributed by atoms with Gasteiger partial charge in [-0.1, -0.05) is 6.42 Å². The molecule has 20 heavy (non-hydrogen) atoms. The second kappa shape index (κ2) is 6.44. The second-order valence-corrected chi connectivity index (χ2v) is 6.60. The van der Waals surface area contributed by atoms with E-state index in [1.807, 2.05) is 17.0 Å². The fourth-order valence-corrected chi connectivity index (χ4v) is 2.35. The number of hydrogen-bond donors (Lipinski definition) is 1. The summed E-state index contributed by atoms with van der Waals surface area (Å²) >= 11 is 0. The number of furan rings is 1. The Bertz CT molecular complexity index is 446. The molecule has 2 rings (SSSR count). The van der Waals surface area contributed by atoms with Crippen LogP contribution < -0.4 is 5.32 Å². The molecule has 1 fully saturated rings. The zero-order valence-electron chi connectivity index (χ0n) is 12.9. The number of rotatable bonds is 4. The van der Waals surface area contributed by atoms with E-state index in [4.69, 9.17) is 4.42 Å². The molecule has 1 aromatic rings. The smallest absolute Gasteiger partial charge is 0.222 e. The van der Waals surface area contributed by atoms with Gasteiger partial charge in [0.15, 0.2) is 0 Å². The monoisotopic (exact) mass is 278 g/mol. The summed E-state index contributed by atoms with van der Waals surface area (Å²) in [5.41, 5.74) is 0.0771. The molecule has 1 N–H and O–H groups in total. The predicted octanol–water partition coefficient (Wildman–Crippen LogP) is 3.07. The van der Waals surface area contributed by atoms with Crippen LogP contribution in [0.15, 0.2) is 16.5 Å². The predicted molar refractivity (Wildman–Crippen MR) is 79.2 cm³/mol. The Kier molecular flexibility index (Phi) is 4.86. The fraction of sp³-hybridized carbons (Fsp3) is 0.688. The van der Waals surface area contributed by atoms with Gasteiger partial charge in [0.25, 0.3) is 0 Å². The molecule has 1 saturated heterocycles. The molecule has 0 atom stereocenters. The first-order chi connectivity index (χ1) is 9.44. The zero-order chi connectivity index (χ0) is 14.6. The summed E-state index contributed by atoms with van der Waals surface area (Å²) in [5, 5.41) is 3.40. The molecule has 0 bridgehead atoms. The summed E-state index contributed by atoms with van der Waals surface area (Å²) < 4.78 is 5.81. The van der Waals surface area contributed by atoms with E-state index >= 15 is 0 Å². The minimum absolute atomic E-state index is 0.0771. The molecule has 0 aromatic carbocycles. The molecule has 2 heterocycles. The van der Waals surface area contributed by atoms with Crippen LogP contribution in [0.3, 0.4) is 0 Å². The Balaban J connectivity index is 1.90. The third-order valence-corrected chi connectivity index (χ3v) is 3.53. The number of carbonyl (C=O) groups excluding carboxylic acids is 1. The summed E-state index contributed by atoms with van der Waals surface area (Å²) in [7, 11) is 0. The van der Waals surface area contributed by atoms with E-state index in [1.54, 1.807) is 0 Å². The van der Waals surface area contributed by atoms with Gasteiger partial charge in [-0.25, -0.2) is 0 Å². The van der Waals surface area contributed by atoms with Gasteiger partial charge in [0, 0.05) is 18.5 Å². The van der Waals surface area contributed by atoms with Gasteiger partial charge in [0.05, 0.1) is 13.1 Å². The number of nitrogens with one attached hydrogen (secondary N) is 1. The maximum Gasteiger partial charge on any atom is 0.222 e. The first-order valence-corrected chi connectivity index (χ1v) is 7.54. The van der Waals surface area contributed by atoms with Crippen molar-refractivity contribution in [3.05, 3.63) is 23.7 Å². The van der Waals surface area contributed by atoms with Gasteiger partial charge in [-0.05, 0) is 45.7 Å². The summed E-state index contributed by atoms with van der Waals surface area (Å²) in [6, 6.07) is 3.98. The van der Waals surface area contributed by atoms with Gasteiger partial charge in [0.1, 0.15) is 11.5 Å². The van der Waals surface area contributed by atoms with Crippen LogP contribution in [0.1, 0.15) is 58.0 Å². The molecular formula is C16H26N2O2. The largest absolute Gasteiger partial charge is 0.463 e. The van der Waals surface area contributed by atoms with Crippen LogP contribution >= 0.6 is 0 Å². The van der Waals surface area contributed by atoms with Crippen molar-refractivity contribution >= 4 is 5.91 Å². The quantitative estimate of drug-likeness (QED) is 0.920. The topological polar surface area (TPSA) is 45.5 Å². The lowest BCUT2D eigenvalue weighted by Gasteiger charge is -2.20. The molecule has 1 aliphatic rings. The molecule has 0 aliphatic carbocycles. The van der Waals surface area contributed by atoms with E-state index in [0.717, 1.165) is 43.9 Å². The van der Waals surface area contributed by atoms with Crippen LogP contribution in [-0.2, 0) is 17.9 Å². The Morgan fingerprint density at radius 3 is 2.70 bits per heavy atom. The van der Waals surface area contributed by atoms with E-state index in [-0.39, 0.29) is 11.4 Å². The molecular weight excluding hydrogens is 252 g/mol. The van der Waals surface area contributed by atoms with Crippen LogP contribution in [0.25, 0.3) is 0 Å². The van der Waals surface area contributed by atoms with E-state index < -0.39 is 0 Å². The van der Waals surface area contributed by atoms with Crippen molar-refractivity contribution in [1.29, 1.82) is 0 Å². The minimum atomic E-state index is 0.0771. The van der Waals surface area contributed by atoms with Gasteiger partial charge in [-0.3, -0.25) is 4.79 Å². The number of amides is 1. The van der Waals surface area contributed by atoms with E-state index in [9.17, 15) is 4.79 Å². The Morgan fingerprint density at radius 2 is 1.95 bits per heavy atom. The average molecular weight is 278 g/mol. The lowest BCUT2D eigenvalue weighted by atomic mass is 10.1. The summed E-state index contributed by atoms with van der Waals surface area (Å²) in [6.07, 6.45) is 3.96. The standard InChI is InChI=1S/C16H26N2O2/c1-16(2,3)17-11-13-8-9-14(20-13)12-18-10-6-4-5-7-15(18)19/h8-9,17H,4-7,10-12H2,1-3H3. The van der Waals surface area contributed by atoms with Gasteiger partial charge in [-0.15, -0.1) is 0 Å². The molecule has 0 radical (unpaired) electrons. The summed E-state index contributed by atoms with van der Waals surface area (Å²) in [4.78, 5) is 13.9. The number of likely N-dealkylation sites (tertiary alicyclic amines) is 1. The van der Waals surface area contributed by atoms with Crippen molar-refractivity contribution in [2.24, 2.45) is 0 Å². The number of nitrogens with zero attached hydrogens (tertiary/aromatic N) is 1. The van der Waals surface area contributed by atoms with Gasteiger partial charge in [0.2, 0.25) is 5.91 Å². The van der Waals surface area contributed by atoms with Crippen molar-refractivity contribution in [2.45, 2.75) is 65.1 Å². The summed E-state index contributed by atoms with van der Waals surface area (Å²) in [6.45, 7) is 8.58. The first-order valence-electron chi connectivity index (χ1n) is 7.54. The third-order valence-electron chi connectivity index (χ3n) is 3.53. The van der Waals surface area contributed by atoms with Crippen LogP contribution in [-0.4, -0.2) is 22.9 Å². The maximum absolute atomic E-state index is 12.0. The normalized spacial score (nSPS) is 17.4. The summed E-state index contributed by atoms with van der Waals surface area (Å²) in [5.74, 6) is 2.07.